The Bertz CT molecular complexity index is 1740. The molecule has 0 unspecified atom stereocenters. The largest absolute Gasteiger partial charge is 0.426 e. The molecule has 0 N–H and O–H groups in total. The standard InChI is InChI=1S/C35H25ClN2O5/c36-26-11-5-6-12-27(26)37-18-19(17-28(37)39)35(42)43-21-15-13-20(14-16-21)38-33(40)31-29-22-7-1-2-8-23(22)30(32(31)34(38)41)25-10-4-3-9-24(25)29/h1-16,19,29-32H,17-18H2/t19-,29?,30?,31-,32-/m1/s1. The molecule has 2 bridgehead atoms. The fourth-order valence-corrected chi connectivity index (χ4v) is 7.80. The topological polar surface area (TPSA) is 84.0 Å². The van der Waals surface area contributed by atoms with Gasteiger partial charge in [0.25, 0.3) is 0 Å². The van der Waals surface area contributed by atoms with Crippen LogP contribution in [-0.2, 0) is 19.2 Å². The third kappa shape index (κ3) is 3.81. The number of amides is 3. The molecule has 3 amide bonds. The second kappa shape index (κ2) is 9.64. The molecule has 4 aromatic carbocycles. The number of benzene rings is 4. The van der Waals surface area contributed by atoms with Crippen LogP contribution in [-0.4, -0.2) is 30.2 Å². The summed E-state index contributed by atoms with van der Waals surface area (Å²) in [6.45, 7) is 0.173. The maximum absolute atomic E-state index is 14.0. The first kappa shape index (κ1) is 25.9. The molecular formula is C35H25ClN2O5. The molecule has 0 saturated carbocycles. The highest BCUT2D eigenvalue weighted by molar-refractivity contribution is 6.34. The van der Waals surface area contributed by atoms with Gasteiger partial charge in [0.2, 0.25) is 17.7 Å². The first-order valence-electron chi connectivity index (χ1n) is 14.3. The number of halogens is 1. The van der Waals surface area contributed by atoms with Crippen LogP contribution in [0.2, 0.25) is 5.02 Å². The Hall–Kier alpha value is -4.75. The van der Waals surface area contributed by atoms with Gasteiger partial charge in [-0.1, -0.05) is 72.3 Å². The fraction of sp³-hybridized carbons (Fsp3) is 0.200. The number of imide groups is 1. The summed E-state index contributed by atoms with van der Waals surface area (Å²) in [6.07, 6.45) is 0.0226. The summed E-state index contributed by atoms with van der Waals surface area (Å²) in [5.74, 6) is -2.81. The maximum Gasteiger partial charge on any atom is 0.316 e. The molecule has 3 aliphatic carbocycles. The number of hydrogen-bond acceptors (Lipinski definition) is 5. The summed E-state index contributed by atoms with van der Waals surface area (Å²) >= 11 is 6.26. The molecule has 3 atom stereocenters. The zero-order valence-corrected chi connectivity index (χ0v) is 23.6. The van der Waals surface area contributed by atoms with Crippen molar-refractivity contribution < 1.29 is 23.9 Å². The summed E-state index contributed by atoms with van der Waals surface area (Å²) in [5.41, 5.74) is 5.49. The van der Waals surface area contributed by atoms with Crippen LogP contribution in [0.3, 0.4) is 0 Å². The molecule has 2 heterocycles. The number of para-hydroxylation sites is 1. The van der Waals surface area contributed by atoms with Crippen LogP contribution in [0.25, 0.3) is 0 Å². The number of esters is 1. The maximum atomic E-state index is 14.0. The number of carbonyl (C=O) groups is 4. The van der Waals surface area contributed by atoms with E-state index in [1.54, 1.807) is 48.5 Å². The summed E-state index contributed by atoms with van der Waals surface area (Å²) in [6, 6.07) is 29.7. The van der Waals surface area contributed by atoms with Gasteiger partial charge in [-0.15, -0.1) is 0 Å². The van der Waals surface area contributed by atoms with E-state index in [0.29, 0.717) is 16.4 Å². The molecule has 2 aliphatic heterocycles. The van der Waals surface area contributed by atoms with Gasteiger partial charge in [0.1, 0.15) is 5.75 Å². The minimum Gasteiger partial charge on any atom is -0.426 e. The van der Waals surface area contributed by atoms with Crippen molar-refractivity contribution in [2.24, 2.45) is 17.8 Å². The molecule has 8 heteroatoms. The predicted molar refractivity (Wildman–Crippen MR) is 160 cm³/mol. The molecule has 5 aliphatic rings. The SMILES string of the molecule is O=C(Oc1ccc(N2C(=O)[C@@H]3C4c5ccccc5C(c5ccccc54)[C@H]3C2=O)cc1)[C@@H]1CC(=O)N(c2ccccc2Cl)C1. The highest BCUT2D eigenvalue weighted by Crippen LogP contribution is 2.61. The van der Waals surface area contributed by atoms with Crippen LogP contribution in [0.1, 0.15) is 40.5 Å². The minimum absolute atomic E-state index is 0.0226. The van der Waals surface area contributed by atoms with E-state index in [1.165, 1.54) is 9.80 Å². The van der Waals surface area contributed by atoms with Crippen molar-refractivity contribution in [1.29, 1.82) is 0 Å². The number of nitrogens with zero attached hydrogens (tertiary/aromatic N) is 2. The molecule has 212 valence electrons. The Morgan fingerprint density at radius 2 is 1.21 bits per heavy atom. The molecule has 0 spiro atoms. The third-order valence-corrected chi connectivity index (χ3v) is 9.68. The number of rotatable bonds is 4. The molecule has 2 fully saturated rings. The van der Waals surface area contributed by atoms with E-state index < -0.39 is 23.7 Å². The molecule has 7 nitrogen and oxygen atoms in total. The Morgan fingerprint density at radius 3 is 1.74 bits per heavy atom. The Balaban J connectivity index is 1.02. The lowest BCUT2D eigenvalue weighted by Gasteiger charge is -2.45. The zero-order chi connectivity index (χ0) is 29.4. The summed E-state index contributed by atoms with van der Waals surface area (Å²) in [4.78, 5) is 56.4. The number of ether oxygens (including phenoxy) is 1. The first-order chi connectivity index (χ1) is 20.9. The van der Waals surface area contributed by atoms with Crippen LogP contribution in [0.15, 0.2) is 97.1 Å². The van der Waals surface area contributed by atoms with Crippen LogP contribution < -0.4 is 14.5 Å². The van der Waals surface area contributed by atoms with Crippen molar-refractivity contribution in [3.8, 4) is 5.75 Å². The Labute approximate surface area is 252 Å². The lowest BCUT2D eigenvalue weighted by atomic mass is 9.55. The highest BCUT2D eigenvalue weighted by Gasteiger charge is 2.61. The van der Waals surface area contributed by atoms with Gasteiger partial charge in [-0.25, -0.2) is 4.90 Å². The number of anilines is 2. The molecule has 2 saturated heterocycles. The average Bonchev–Trinajstić information content (AvgIpc) is 3.54. The van der Waals surface area contributed by atoms with Crippen LogP contribution in [0, 0.1) is 17.8 Å². The van der Waals surface area contributed by atoms with Gasteiger partial charge in [0, 0.05) is 24.8 Å². The van der Waals surface area contributed by atoms with E-state index in [9.17, 15) is 19.2 Å². The lowest BCUT2D eigenvalue weighted by molar-refractivity contribution is -0.139. The Morgan fingerprint density at radius 1 is 0.698 bits per heavy atom. The summed E-state index contributed by atoms with van der Waals surface area (Å²) in [7, 11) is 0. The number of carbonyl (C=O) groups excluding carboxylic acids is 4. The molecule has 9 rings (SSSR count). The third-order valence-electron chi connectivity index (χ3n) is 9.36. The molecule has 43 heavy (non-hydrogen) atoms. The van der Waals surface area contributed by atoms with Crippen molar-refractivity contribution in [3.63, 3.8) is 0 Å². The van der Waals surface area contributed by atoms with E-state index in [2.05, 4.69) is 24.3 Å². The lowest BCUT2D eigenvalue weighted by Crippen LogP contribution is -2.41. The van der Waals surface area contributed by atoms with E-state index >= 15 is 0 Å². The normalized spacial score (nSPS) is 25.0. The molecule has 4 aromatic rings. The minimum atomic E-state index is -0.646. The average molecular weight is 589 g/mol. The fourth-order valence-electron chi connectivity index (χ4n) is 7.56. The van der Waals surface area contributed by atoms with Crippen molar-refractivity contribution in [1.82, 2.24) is 0 Å². The van der Waals surface area contributed by atoms with Crippen molar-refractivity contribution in [3.05, 3.63) is 124 Å². The number of hydrogen-bond donors (Lipinski definition) is 0. The summed E-state index contributed by atoms with van der Waals surface area (Å²) < 4.78 is 5.62. The van der Waals surface area contributed by atoms with Gasteiger partial charge in [0.05, 0.1) is 34.2 Å². The van der Waals surface area contributed by atoms with Crippen molar-refractivity contribution in [2.45, 2.75) is 18.3 Å². The quantitative estimate of drug-likeness (QED) is 0.174. The first-order valence-corrected chi connectivity index (χ1v) is 14.7. The van der Waals surface area contributed by atoms with Gasteiger partial charge in [-0.05, 0) is 58.7 Å². The summed E-state index contributed by atoms with van der Waals surface area (Å²) in [5, 5.41) is 0.437. The molecular weight excluding hydrogens is 564 g/mol. The van der Waals surface area contributed by atoms with E-state index in [-0.39, 0.29) is 48.3 Å². The van der Waals surface area contributed by atoms with Crippen LogP contribution >= 0.6 is 11.6 Å². The van der Waals surface area contributed by atoms with E-state index in [0.717, 1.165) is 22.3 Å². The van der Waals surface area contributed by atoms with E-state index in [4.69, 9.17) is 16.3 Å². The smallest absolute Gasteiger partial charge is 0.316 e. The van der Waals surface area contributed by atoms with Gasteiger partial charge < -0.3 is 9.64 Å². The second-order valence-electron chi connectivity index (χ2n) is 11.5. The zero-order valence-electron chi connectivity index (χ0n) is 22.9. The van der Waals surface area contributed by atoms with Crippen molar-refractivity contribution in [2.75, 3.05) is 16.3 Å². The van der Waals surface area contributed by atoms with Gasteiger partial charge in [-0.3, -0.25) is 19.2 Å². The van der Waals surface area contributed by atoms with Gasteiger partial charge in [-0.2, -0.15) is 0 Å². The van der Waals surface area contributed by atoms with Gasteiger partial charge >= 0.3 is 5.97 Å². The highest BCUT2D eigenvalue weighted by atomic mass is 35.5. The van der Waals surface area contributed by atoms with Crippen LogP contribution in [0.5, 0.6) is 5.75 Å². The molecule has 0 radical (unpaired) electrons. The second-order valence-corrected chi connectivity index (χ2v) is 12.0. The predicted octanol–water partition coefficient (Wildman–Crippen LogP) is 5.70. The van der Waals surface area contributed by atoms with Gasteiger partial charge in [0.15, 0.2) is 0 Å². The van der Waals surface area contributed by atoms with E-state index in [1.807, 2.05) is 24.3 Å². The van der Waals surface area contributed by atoms with Crippen molar-refractivity contribution >= 4 is 46.7 Å². The van der Waals surface area contributed by atoms with Crippen LogP contribution in [0.4, 0.5) is 11.4 Å². The Kier molecular flexibility index (Phi) is 5.81. The monoisotopic (exact) mass is 588 g/mol. The molecule has 0 aromatic heterocycles.